The molecular weight excluding hydrogens is 462 g/mol. The largest absolute Gasteiger partial charge is 0.384 e. The number of likely N-dealkylation sites (N-methyl/N-ethyl adjacent to an activating group) is 1. The summed E-state index contributed by atoms with van der Waals surface area (Å²) in [6.07, 6.45) is 3.39. The summed E-state index contributed by atoms with van der Waals surface area (Å²) < 4.78 is 1.71. The van der Waals surface area contributed by atoms with Crippen molar-refractivity contribution in [2.24, 2.45) is 12.0 Å². The van der Waals surface area contributed by atoms with Gasteiger partial charge in [-0.1, -0.05) is 18.2 Å². The third kappa shape index (κ3) is 5.21. The highest BCUT2D eigenvalue weighted by Gasteiger charge is 2.24. The van der Waals surface area contributed by atoms with Crippen molar-refractivity contribution in [3.63, 3.8) is 0 Å². The Morgan fingerprint density at radius 1 is 1.27 bits per heavy atom. The number of aromatic nitrogens is 3. The quantitative estimate of drug-likeness (QED) is 0.302. The minimum atomic E-state index is 0.288. The zero-order chi connectivity index (χ0) is 26.7. The fourth-order valence-electron chi connectivity index (χ4n) is 4.59. The zero-order valence-electron chi connectivity index (χ0n) is 22.4. The highest BCUT2D eigenvalue weighted by molar-refractivity contribution is 6.16. The van der Waals surface area contributed by atoms with Gasteiger partial charge < -0.3 is 21.3 Å². The molecule has 0 saturated carbocycles. The zero-order valence-corrected chi connectivity index (χ0v) is 22.4. The summed E-state index contributed by atoms with van der Waals surface area (Å²) in [7, 11) is 3.90. The third-order valence-electron chi connectivity index (χ3n) is 6.80. The fourth-order valence-corrected chi connectivity index (χ4v) is 4.59. The second-order valence-electron chi connectivity index (χ2n) is 9.55. The molecule has 3 aromatic rings. The summed E-state index contributed by atoms with van der Waals surface area (Å²) in [5.41, 5.74) is 12.0. The van der Waals surface area contributed by atoms with Crippen LogP contribution < -0.4 is 21.3 Å². The van der Waals surface area contributed by atoms with Gasteiger partial charge in [-0.25, -0.2) is 4.98 Å². The van der Waals surface area contributed by atoms with E-state index in [1.165, 1.54) is 0 Å². The van der Waals surface area contributed by atoms with Crippen molar-refractivity contribution in [3.05, 3.63) is 64.5 Å². The van der Waals surface area contributed by atoms with Crippen LogP contribution in [0.4, 0.5) is 17.5 Å². The number of allylic oxidation sites excluding steroid dienone is 3. The first-order valence-electron chi connectivity index (χ1n) is 12.7. The molecule has 37 heavy (non-hydrogen) atoms. The Balaban J connectivity index is 1.69. The lowest BCUT2D eigenvalue weighted by Crippen LogP contribution is -2.28. The van der Waals surface area contributed by atoms with E-state index in [0.717, 1.165) is 52.2 Å². The van der Waals surface area contributed by atoms with E-state index in [1.54, 1.807) is 4.68 Å². The third-order valence-corrected chi connectivity index (χ3v) is 6.80. The number of pyridine rings is 1. The first-order chi connectivity index (χ1) is 17.7. The van der Waals surface area contributed by atoms with Crippen molar-refractivity contribution in [1.29, 1.82) is 5.41 Å². The van der Waals surface area contributed by atoms with E-state index in [0.29, 0.717) is 35.9 Å². The van der Waals surface area contributed by atoms with Crippen LogP contribution in [-0.4, -0.2) is 46.8 Å². The molecule has 1 aromatic carbocycles. The first-order valence-corrected chi connectivity index (χ1v) is 12.7. The summed E-state index contributed by atoms with van der Waals surface area (Å²) in [4.78, 5) is 11.3. The lowest BCUT2D eigenvalue weighted by Gasteiger charge is -2.26. The predicted molar refractivity (Wildman–Crippen MR) is 155 cm³/mol. The number of nitrogen functional groups attached to an aromatic ring is 1. The molecule has 9 nitrogen and oxygen atoms in total. The second kappa shape index (κ2) is 10.9. The number of anilines is 3. The van der Waals surface area contributed by atoms with Crippen LogP contribution in [0.2, 0.25) is 0 Å². The summed E-state index contributed by atoms with van der Waals surface area (Å²) in [6.45, 7) is 11.3. The summed E-state index contributed by atoms with van der Waals surface area (Å²) >= 11 is 0. The molecule has 0 spiro atoms. The maximum atomic E-state index is 9.06. The number of fused-ring (bicyclic) bond motifs is 1. The molecule has 2 heterocycles. The van der Waals surface area contributed by atoms with Gasteiger partial charge in [0.1, 0.15) is 11.6 Å². The maximum Gasteiger partial charge on any atom is 0.157 e. The number of hydrogen-bond acceptors (Lipinski definition) is 8. The van der Waals surface area contributed by atoms with E-state index in [2.05, 4.69) is 65.4 Å². The van der Waals surface area contributed by atoms with Crippen LogP contribution in [-0.2, 0) is 13.6 Å². The standard InChI is InChI=1S/C28H37N9/c1-7-32-23-15-19(12-13-22(23)31-4)25(29)24-26(30)35-37(6)28(24)33-16-20-14-18-10-8-9-11-21(18)34-27(20)36(5)17(2)3/h8-11,14-15,17,29,32-33H,4,7,12-13,16H2,1-3,5-6H3,(H2,30,35). The highest BCUT2D eigenvalue weighted by Crippen LogP contribution is 2.32. The summed E-state index contributed by atoms with van der Waals surface area (Å²) in [5.74, 6) is 1.96. The molecule has 0 fully saturated rings. The van der Waals surface area contributed by atoms with Gasteiger partial charge in [0.25, 0.3) is 0 Å². The number of benzene rings is 1. The minimum absolute atomic E-state index is 0.288. The fraction of sp³-hybridized carbons (Fsp3) is 0.357. The van der Waals surface area contributed by atoms with E-state index in [1.807, 2.05) is 38.2 Å². The lowest BCUT2D eigenvalue weighted by molar-refractivity contribution is 0.738. The average Bonchev–Trinajstić information content (AvgIpc) is 3.18. The molecule has 5 N–H and O–H groups in total. The Bertz CT molecular complexity index is 1390. The molecule has 9 heteroatoms. The molecular formula is C28H37N9. The molecule has 1 aliphatic rings. The Kier molecular flexibility index (Phi) is 7.61. The van der Waals surface area contributed by atoms with Crippen LogP contribution >= 0.6 is 0 Å². The number of nitrogens with two attached hydrogens (primary N) is 1. The van der Waals surface area contributed by atoms with Crippen molar-refractivity contribution in [2.45, 2.75) is 46.2 Å². The molecule has 0 atom stereocenters. The van der Waals surface area contributed by atoms with Gasteiger partial charge in [0.05, 0.1) is 28.2 Å². The van der Waals surface area contributed by atoms with E-state index >= 15 is 0 Å². The van der Waals surface area contributed by atoms with E-state index in [4.69, 9.17) is 16.1 Å². The van der Waals surface area contributed by atoms with Crippen LogP contribution in [0.5, 0.6) is 0 Å². The number of hydrogen-bond donors (Lipinski definition) is 4. The molecule has 194 valence electrons. The molecule has 4 rings (SSSR count). The lowest BCUT2D eigenvalue weighted by atomic mass is 9.93. The van der Waals surface area contributed by atoms with E-state index in [9.17, 15) is 0 Å². The minimum Gasteiger partial charge on any atom is -0.384 e. The topological polar surface area (TPSA) is 120 Å². The molecule has 0 bridgehead atoms. The number of aryl methyl sites for hydroxylation is 1. The van der Waals surface area contributed by atoms with Crippen LogP contribution in [0.25, 0.3) is 10.9 Å². The van der Waals surface area contributed by atoms with Crippen molar-refractivity contribution in [2.75, 3.05) is 29.5 Å². The van der Waals surface area contributed by atoms with Crippen LogP contribution in [0.3, 0.4) is 0 Å². The van der Waals surface area contributed by atoms with Crippen LogP contribution in [0.15, 0.2) is 58.4 Å². The molecule has 1 aliphatic carbocycles. The Labute approximate surface area is 218 Å². The number of rotatable bonds is 10. The van der Waals surface area contributed by atoms with Crippen molar-refractivity contribution >= 4 is 40.8 Å². The van der Waals surface area contributed by atoms with Gasteiger partial charge in [0, 0.05) is 44.2 Å². The number of para-hydroxylation sites is 1. The SMILES string of the molecule is C=NC1=C(NCC)C=C(C(=N)c2c(N)nn(C)c2NCc2cc3ccccc3nc2N(C)C(C)C)CC1. The van der Waals surface area contributed by atoms with Crippen LogP contribution in [0, 0.1) is 5.41 Å². The molecule has 0 radical (unpaired) electrons. The highest BCUT2D eigenvalue weighted by atomic mass is 15.3. The molecule has 0 aliphatic heterocycles. The van der Waals surface area contributed by atoms with Crippen molar-refractivity contribution in [1.82, 2.24) is 20.1 Å². The van der Waals surface area contributed by atoms with Crippen molar-refractivity contribution in [3.8, 4) is 0 Å². The normalized spacial score (nSPS) is 13.6. The number of nitrogens with one attached hydrogen (secondary N) is 3. The monoisotopic (exact) mass is 499 g/mol. The van der Waals surface area contributed by atoms with Crippen LogP contribution in [0.1, 0.15) is 44.7 Å². The Hall–Kier alpha value is -4.14. The molecule has 2 aromatic heterocycles. The van der Waals surface area contributed by atoms with Gasteiger partial charge in [-0.15, -0.1) is 0 Å². The van der Waals surface area contributed by atoms with E-state index in [-0.39, 0.29) is 6.04 Å². The van der Waals surface area contributed by atoms with Gasteiger partial charge in [-0.2, -0.15) is 5.10 Å². The second-order valence-corrected chi connectivity index (χ2v) is 9.55. The summed E-state index contributed by atoms with van der Waals surface area (Å²) in [6, 6.07) is 10.6. The molecule has 0 saturated heterocycles. The van der Waals surface area contributed by atoms with Gasteiger partial charge in [-0.3, -0.25) is 15.1 Å². The average molecular weight is 500 g/mol. The Morgan fingerprint density at radius 3 is 2.73 bits per heavy atom. The first kappa shape index (κ1) is 25.9. The van der Waals surface area contributed by atoms with Gasteiger partial charge in [0.15, 0.2) is 5.82 Å². The Morgan fingerprint density at radius 2 is 2.03 bits per heavy atom. The van der Waals surface area contributed by atoms with Crippen molar-refractivity contribution < 1.29 is 0 Å². The summed E-state index contributed by atoms with van der Waals surface area (Å²) in [5, 5.41) is 21.4. The maximum absolute atomic E-state index is 9.06. The smallest absolute Gasteiger partial charge is 0.157 e. The number of aliphatic imine (C=N–C) groups is 1. The van der Waals surface area contributed by atoms with Gasteiger partial charge in [-0.05, 0) is 64.1 Å². The van der Waals surface area contributed by atoms with Gasteiger partial charge in [0.2, 0.25) is 0 Å². The predicted octanol–water partition coefficient (Wildman–Crippen LogP) is 4.62. The molecule has 0 unspecified atom stereocenters. The van der Waals surface area contributed by atoms with Gasteiger partial charge >= 0.3 is 0 Å². The van der Waals surface area contributed by atoms with E-state index < -0.39 is 0 Å². The molecule has 0 amide bonds. The number of nitrogens with zero attached hydrogens (tertiary/aromatic N) is 5.